The number of rotatable bonds is 8. The van der Waals surface area contributed by atoms with Crippen LogP contribution >= 0.6 is 15.9 Å². The maximum absolute atomic E-state index is 10.1. The fourth-order valence-corrected chi connectivity index (χ4v) is 3.02. The second-order valence-corrected chi connectivity index (χ2v) is 6.49. The molecule has 1 saturated carbocycles. The lowest BCUT2D eigenvalue weighted by molar-refractivity contribution is -0.0314. The summed E-state index contributed by atoms with van der Waals surface area (Å²) in [5.74, 6) is 1.48. The molecule has 0 aliphatic heterocycles. The van der Waals surface area contributed by atoms with Crippen LogP contribution in [0.1, 0.15) is 38.2 Å². The van der Waals surface area contributed by atoms with E-state index >= 15 is 0 Å². The van der Waals surface area contributed by atoms with Crippen LogP contribution in [0.3, 0.4) is 0 Å². The molecule has 0 bridgehead atoms. The van der Waals surface area contributed by atoms with Gasteiger partial charge in [-0.25, -0.2) is 0 Å². The largest absolute Gasteiger partial charge is 0.493 e. The lowest BCUT2D eigenvalue weighted by atomic mass is 9.80. The molecule has 1 aromatic rings. The van der Waals surface area contributed by atoms with Gasteiger partial charge in [0.25, 0.3) is 0 Å². The molecule has 0 spiro atoms. The molecule has 0 heterocycles. The molecule has 0 amide bonds. The standard InChI is InChI=1S/C16H24BrNO3/c1-3-7-21-15-13(17)8-12(9-14(15)20-2)10-18-11-16(19)5-4-6-16/h8-9,18-19H,3-7,10-11H2,1-2H3. The highest BCUT2D eigenvalue weighted by atomic mass is 79.9. The van der Waals surface area contributed by atoms with Crippen molar-refractivity contribution in [3.05, 3.63) is 22.2 Å². The maximum atomic E-state index is 10.1. The molecule has 118 valence electrons. The smallest absolute Gasteiger partial charge is 0.175 e. The van der Waals surface area contributed by atoms with Crippen molar-refractivity contribution in [1.82, 2.24) is 5.32 Å². The second kappa shape index (κ2) is 7.47. The highest BCUT2D eigenvalue weighted by Gasteiger charge is 2.33. The van der Waals surface area contributed by atoms with E-state index in [4.69, 9.17) is 9.47 Å². The van der Waals surface area contributed by atoms with E-state index in [2.05, 4.69) is 28.2 Å². The minimum absolute atomic E-state index is 0.495. The Bertz CT molecular complexity index is 475. The van der Waals surface area contributed by atoms with Crippen molar-refractivity contribution in [2.45, 2.75) is 44.8 Å². The van der Waals surface area contributed by atoms with E-state index in [1.165, 1.54) is 0 Å². The van der Waals surface area contributed by atoms with Crippen molar-refractivity contribution in [1.29, 1.82) is 0 Å². The fourth-order valence-electron chi connectivity index (χ4n) is 2.42. The zero-order valence-electron chi connectivity index (χ0n) is 12.7. The number of aliphatic hydroxyl groups is 1. The summed E-state index contributed by atoms with van der Waals surface area (Å²) in [5, 5.41) is 13.4. The lowest BCUT2D eigenvalue weighted by Crippen LogP contribution is -2.45. The van der Waals surface area contributed by atoms with Crippen LogP contribution in [0.4, 0.5) is 0 Å². The van der Waals surface area contributed by atoms with Crippen molar-refractivity contribution in [2.24, 2.45) is 0 Å². The predicted molar refractivity (Wildman–Crippen MR) is 87.0 cm³/mol. The Kier molecular flexibility index (Phi) is 5.90. The molecule has 0 unspecified atom stereocenters. The van der Waals surface area contributed by atoms with Crippen LogP contribution in [0.15, 0.2) is 16.6 Å². The van der Waals surface area contributed by atoms with Crippen molar-refractivity contribution in [3.8, 4) is 11.5 Å². The van der Waals surface area contributed by atoms with Gasteiger partial charge in [-0.05, 0) is 59.3 Å². The minimum Gasteiger partial charge on any atom is -0.493 e. The van der Waals surface area contributed by atoms with Gasteiger partial charge in [0.2, 0.25) is 0 Å². The van der Waals surface area contributed by atoms with Crippen LogP contribution < -0.4 is 14.8 Å². The Morgan fingerprint density at radius 2 is 2.14 bits per heavy atom. The molecule has 2 rings (SSSR count). The van der Waals surface area contributed by atoms with Crippen LogP contribution in [0.25, 0.3) is 0 Å². The summed E-state index contributed by atoms with van der Waals surface area (Å²) in [7, 11) is 1.65. The van der Waals surface area contributed by atoms with Crippen LogP contribution in [-0.4, -0.2) is 31.0 Å². The predicted octanol–water partition coefficient (Wildman–Crippen LogP) is 3.25. The normalized spacial score (nSPS) is 16.4. The van der Waals surface area contributed by atoms with Gasteiger partial charge in [-0.15, -0.1) is 0 Å². The quantitative estimate of drug-likeness (QED) is 0.749. The Morgan fingerprint density at radius 1 is 1.38 bits per heavy atom. The molecule has 2 N–H and O–H groups in total. The highest BCUT2D eigenvalue weighted by Crippen LogP contribution is 2.37. The number of hydrogen-bond donors (Lipinski definition) is 2. The third-order valence-electron chi connectivity index (χ3n) is 3.81. The Hall–Kier alpha value is -0.780. The van der Waals surface area contributed by atoms with E-state index in [0.717, 1.165) is 47.2 Å². The van der Waals surface area contributed by atoms with Gasteiger partial charge >= 0.3 is 0 Å². The third kappa shape index (κ3) is 4.34. The Labute approximate surface area is 135 Å². The first kappa shape index (κ1) is 16.6. The number of benzene rings is 1. The summed E-state index contributed by atoms with van der Waals surface area (Å²) < 4.78 is 12.0. The summed E-state index contributed by atoms with van der Waals surface area (Å²) in [4.78, 5) is 0. The first-order valence-corrected chi connectivity index (χ1v) is 8.29. The zero-order valence-corrected chi connectivity index (χ0v) is 14.3. The van der Waals surface area contributed by atoms with E-state index in [0.29, 0.717) is 19.7 Å². The maximum Gasteiger partial charge on any atom is 0.175 e. The summed E-state index contributed by atoms with van der Waals surface area (Å²) in [6, 6.07) is 4.01. The van der Waals surface area contributed by atoms with Gasteiger partial charge in [0.1, 0.15) is 0 Å². The molecule has 4 nitrogen and oxygen atoms in total. The molecule has 21 heavy (non-hydrogen) atoms. The second-order valence-electron chi connectivity index (χ2n) is 5.64. The number of nitrogens with one attached hydrogen (secondary N) is 1. The van der Waals surface area contributed by atoms with Crippen LogP contribution in [0, 0.1) is 0 Å². The molecule has 1 aromatic carbocycles. The lowest BCUT2D eigenvalue weighted by Gasteiger charge is -2.36. The van der Waals surface area contributed by atoms with E-state index in [-0.39, 0.29) is 0 Å². The van der Waals surface area contributed by atoms with Gasteiger partial charge < -0.3 is 19.9 Å². The topological polar surface area (TPSA) is 50.7 Å². The monoisotopic (exact) mass is 357 g/mol. The summed E-state index contributed by atoms with van der Waals surface area (Å²) in [6.07, 6.45) is 3.88. The van der Waals surface area contributed by atoms with Gasteiger partial charge in [0.15, 0.2) is 11.5 Å². The molecule has 5 heteroatoms. The fraction of sp³-hybridized carbons (Fsp3) is 0.625. The van der Waals surface area contributed by atoms with Crippen molar-refractivity contribution < 1.29 is 14.6 Å². The highest BCUT2D eigenvalue weighted by molar-refractivity contribution is 9.10. The number of methoxy groups -OCH3 is 1. The number of ether oxygens (including phenoxy) is 2. The summed E-state index contributed by atoms with van der Waals surface area (Å²) >= 11 is 3.54. The average Bonchev–Trinajstić information content (AvgIpc) is 2.44. The first-order valence-electron chi connectivity index (χ1n) is 7.50. The van der Waals surface area contributed by atoms with Crippen molar-refractivity contribution in [3.63, 3.8) is 0 Å². The van der Waals surface area contributed by atoms with Gasteiger partial charge in [-0.1, -0.05) is 6.92 Å². The van der Waals surface area contributed by atoms with Crippen LogP contribution in [0.2, 0.25) is 0 Å². The van der Waals surface area contributed by atoms with Gasteiger partial charge in [-0.3, -0.25) is 0 Å². The molecular weight excluding hydrogens is 334 g/mol. The average molecular weight is 358 g/mol. The van der Waals surface area contributed by atoms with Crippen LogP contribution in [0.5, 0.6) is 11.5 Å². The molecule has 0 radical (unpaired) electrons. The van der Waals surface area contributed by atoms with E-state index in [1.807, 2.05) is 12.1 Å². The molecular formula is C16H24BrNO3. The van der Waals surface area contributed by atoms with Gasteiger partial charge in [-0.2, -0.15) is 0 Å². The SMILES string of the molecule is CCCOc1c(Br)cc(CNCC2(O)CCC2)cc1OC. The first-order chi connectivity index (χ1) is 10.1. The Morgan fingerprint density at radius 3 is 2.71 bits per heavy atom. The molecule has 1 aliphatic rings. The summed E-state index contributed by atoms with van der Waals surface area (Å²) in [6.45, 7) is 4.08. The summed E-state index contributed by atoms with van der Waals surface area (Å²) in [5.41, 5.74) is 0.608. The minimum atomic E-state index is -0.495. The molecule has 1 aliphatic carbocycles. The van der Waals surface area contributed by atoms with E-state index in [1.54, 1.807) is 7.11 Å². The molecule has 1 fully saturated rings. The van der Waals surface area contributed by atoms with Crippen molar-refractivity contribution >= 4 is 15.9 Å². The molecule has 0 saturated heterocycles. The Balaban J connectivity index is 1.98. The van der Waals surface area contributed by atoms with Crippen molar-refractivity contribution in [2.75, 3.05) is 20.3 Å². The van der Waals surface area contributed by atoms with Gasteiger partial charge in [0, 0.05) is 13.1 Å². The molecule has 0 aromatic heterocycles. The van der Waals surface area contributed by atoms with Gasteiger partial charge in [0.05, 0.1) is 23.8 Å². The zero-order chi connectivity index (χ0) is 15.3. The number of hydrogen-bond acceptors (Lipinski definition) is 4. The third-order valence-corrected chi connectivity index (χ3v) is 4.40. The molecule has 0 atom stereocenters. The van der Waals surface area contributed by atoms with E-state index < -0.39 is 5.60 Å². The van der Waals surface area contributed by atoms with Crippen LogP contribution in [-0.2, 0) is 6.54 Å². The van der Waals surface area contributed by atoms with E-state index in [9.17, 15) is 5.11 Å². The number of halogens is 1.